The van der Waals surface area contributed by atoms with Crippen LogP contribution in [0.3, 0.4) is 0 Å². The van der Waals surface area contributed by atoms with E-state index in [4.69, 9.17) is 20.9 Å². The molecule has 2 aromatic carbocycles. The van der Waals surface area contributed by atoms with Crippen LogP contribution in [0.5, 0.6) is 11.5 Å². The van der Waals surface area contributed by atoms with E-state index in [0.717, 1.165) is 42.8 Å². The molecule has 5 N–H and O–H groups in total. The zero-order chi connectivity index (χ0) is 27.4. The van der Waals surface area contributed by atoms with E-state index >= 15 is 0 Å². The first-order chi connectivity index (χ1) is 18.2. The third-order valence-electron chi connectivity index (χ3n) is 6.62. The van der Waals surface area contributed by atoms with E-state index in [-0.39, 0.29) is 28.2 Å². The molecule has 200 valence electrons. The van der Waals surface area contributed by atoms with Gasteiger partial charge in [0.05, 0.1) is 19.9 Å². The normalized spacial score (nSPS) is 14.1. The number of anilines is 2. The van der Waals surface area contributed by atoms with Gasteiger partial charge >= 0.3 is 0 Å². The zero-order valence-electron chi connectivity index (χ0n) is 21.5. The molecule has 1 fully saturated rings. The summed E-state index contributed by atoms with van der Waals surface area (Å²) in [6, 6.07) is 11.3. The molecule has 4 rings (SSSR count). The van der Waals surface area contributed by atoms with Crippen molar-refractivity contribution in [2.24, 2.45) is 5.73 Å². The minimum absolute atomic E-state index is 0.000590. The van der Waals surface area contributed by atoms with E-state index in [1.54, 1.807) is 18.2 Å². The second-order valence-corrected chi connectivity index (χ2v) is 9.93. The second kappa shape index (κ2) is 11.5. The highest BCUT2D eigenvalue weighted by Crippen LogP contribution is 2.38. The highest BCUT2D eigenvalue weighted by atomic mass is 32.1. The van der Waals surface area contributed by atoms with Crippen LogP contribution in [0.15, 0.2) is 42.5 Å². The van der Waals surface area contributed by atoms with Crippen molar-refractivity contribution in [2.75, 3.05) is 24.9 Å². The fraction of sp³-hybridized carbons (Fsp3) is 0.333. The molecule has 0 radical (unpaired) electrons. The second-order valence-electron chi connectivity index (χ2n) is 9.16. The number of nitrogen functional groups attached to an aromatic ring is 1. The van der Waals surface area contributed by atoms with Crippen LogP contribution in [0, 0.1) is 6.92 Å². The van der Waals surface area contributed by atoms with Crippen LogP contribution in [0.4, 0.5) is 11.4 Å². The Morgan fingerprint density at radius 3 is 2.29 bits per heavy atom. The Kier molecular flexibility index (Phi) is 8.16. The molecule has 1 unspecified atom stereocenters. The van der Waals surface area contributed by atoms with Crippen molar-refractivity contribution in [3.8, 4) is 11.5 Å². The Balaban J connectivity index is 1.89. The molecule has 0 aliphatic heterocycles. The van der Waals surface area contributed by atoms with Gasteiger partial charge in [-0.3, -0.25) is 19.3 Å². The molecule has 0 bridgehead atoms. The summed E-state index contributed by atoms with van der Waals surface area (Å²) in [5.41, 5.74) is 13.2. The summed E-state index contributed by atoms with van der Waals surface area (Å²) in [4.78, 5) is 41.3. The van der Waals surface area contributed by atoms with Gasteiger partial charge in [0, 0.05) is 17.8 Å². The molecule has 1 aliphatic carbocycles. The van der Waals surface area contributed by atoms with Gasteiger partial charge in [-0.1, -0.05) is 42.7 Å². The minimum Gasteiger partial charge on any atom is -0.493 e. The molecule has 1 saturated carbocycles. The van der Waals surface area contributed by atoms with Crippen molar-refractivity contribution >= 4 is 40.6 Å². The number of rotatable bonds is 9. The number of amides is 3. The van der Waals surface area contributed by atoms with Crippen LogP contribution in [0.2, 0.25) is 0 Å². The molecule has 3 aromatic rings. The summed E-state index contributed by atoms with van der Waals surface area (Å²) in [5.74, 6) is -0.950. The molecular weight excluding hydrogens is 506 g/mol. The smallest absolute Gasteiger partial charge is 0.273 e. The van der Waals surface area contributed by atoms with Gasteiger partial charge in [-0.25, -0.2) is 0 Å². The number of primary amides is 1. The molecule has 38 heavy (non-hydrogen) atoms. The Hall–Kier alpha value is -4.12. The molecule has 3 amide bonds. The van der Waals surface area contributed by atoms with Gasteiger partial charge in [-0.2, -0.15) is 4.37 Å². The Morgan fingerprint density at radius 2 is 1.71 bits per heavy atom. The fourth-order valence-electron chi connectivity index (χ4n) is 4.61. The number of methoxy groups -OCH3 is 2. The van der Waals surface area contributed by atoms with E-state index in [9.17, 15) is 14.4 Å². The van der Waals surface area contributed by atoms with Crippen LogP contribution >= 0.6 is 11.5 Å². The third-order valence-corrected chi connectivity index (χ3v) is 7.47. The number of hydrogen-bond acceptors (Lipinski definition) is 8. The highest BCUT2D eigenvalue weighted by molar-refractivity contribution is 7.09. The summed E-state index contributed by atoms with van der Waals surface area (Å²) in [7, 11) is 2.99. The topological polar surface area (TPSA) is 150 Å². The number of hydrogen-bond donors (Lipinski definition) is 3. The number of benzene rings is 2. The Bertz CT molecular complexity index is 1330. The van der Waals surface area contributed by atoms with Gasteiger partial charge in [0.2, 0.25) is 5.91 Å². The van der Waals surface area contributed by atoms with E-state index in [1.807, 2.05) is 31.2 Å². The molecule has 1 atom stereocenters. The number of carbonyl (C=O) groups is 3. The van der Waals surface area contributed by atoms with Crippen molar-refractivity contribution < 1.29 is 23.9 Å². The van der Waals surface area contributed by atoms with E-state index in [2.05, 4.69) is 9.69 Å². The summed E-state index contributed by atoms with van der Waals surface area (Å²) < 4.78 is 14.8. The maximum Gasteiger partial charge on any atom is 0.273 e. The summed E-state index contributed by atoms with van der Waals surface area (Å²) in [6.07, 6.45) is 3.82. The van der Waals surface area contributed by atoms with E-state index < -0.39 is 17.9 Å². The van der Waals surface area contributed by atoms with Gasteiger partial charge in [-0.05, 0) is 49.0 Å². The van der Waals surface area contributed by atoms with Gasteiger partial charge in [-0.15, -0.1) is 0 Å². The van der Waals surface area contributed by atoms with Crippen LogP contribution in [0.1, 0.15) is 63.0 Å². The number of ether oxygens (including phenoxy) is 2. The lowest BCUT2D eigenvalue weighted by Crippen LogP contribution is -2.46. The number of aromatic nitrogens is 1. The number of nitrogens with one attached hydrogen (secondary N) is 1. The zero-order valence-corrected chi connectivity index (χ0v) is 22.3. The lowest BCUT2D eigenvalue weighted by Gasteiger charge is -2.32. The van der Waals surface area contributed by atoms with Crippen LogP contribution in [0.25, 0.3) is 0 Å². The first-order valence-corrected chi connectivity index (χ1v) is 13.0. The number of nitrogens with two attached hydrogens (primary N) is 2. The average Bonchev–Trinajstić information content (AvgIpc) is 3.56. The van der Waals surface area contributed by atoms with Crippen LogP contribution in [-0.4, -0.2) is 42.4 Å². The molecule has 0 spiro atoms. The van der Waals surface area contributed by atoms with E-state index in [0.29, 0.717) is 22.7 Å². The maximum absolute atomic E-state index is 14.2. The predicted octanol–water partition coefficient (Wildman–Crippen LogP) is 3.60. The summed E-state index contributed by atoms with van der Waals surface area (Å²) in [6.45, 7) is 1.94. The predicted molar refractivity (Wildman–Crippen MR) is 146 cm³/mol. The summed E-state index contributed by atoms with van der Waals surface area (Å²) >= 11 is 0.758. The molecule has 1 aromatic heterocycles. The molecule has 0 saturated heterocycles. The molecule has 10 nitrogen and oxygen atoms in total. The van der Waals surface area contributed by atoms with Crippen molar-refractivity contribution in [1.82, 2.24) is 9.69 Å². The molecule has 1 aliphatic rings. The molecule has 1 heterocycles. The first-order valence-electron chi connectivity index (χ1n) is 12.2. The first kappa shape index (κ1) is 26.9. The Labute approximate surface area is 225 Å². The van der Waals surface area contributed by atoms with E-state index in [1.165, 1.54) is 19.1 Å². The van der Waals surface area contributed by atoms with Crippen LogP contribution < -0.4 is 31.2 Å². The van der Waals surface area contributed by atoms with Gasteiger partial charge in [0.25, 0.3) is 11.8 Å². The minimum atomic E-state index is -1.06. The van der Waals surface area contributed by atoms with Crippen molar-refractivity contribution in [2.45, 2.75) is 44.7 Å². The molecular formula is C27H31N5O5S. The lowest BCUT2D eigenvalue weighted by atomic mass is 10.0. The SMILES string of the molecule is COc1ccc(N(C(=O)c2snc(C(N)=O)c2N)C(C(=O)NC2CCCC2)c2ccc(C)cc2)cc1OC. The average molecular weight is 538 g/mol. The van der Waals surface area contributed by atoms with Crippen molar-refractivity contribution in [3.05, 3.63) is 64.2 Å². The van der Waals surface area contributed by atoms with Crippen molar-refractivity contribution in [3.63, 3.8) is 0 Å². The fourth-order valence-corrected chi connectivity index (χ4v) is 5.36. The van der Waals surface area contributed by atoms with Gasteiger partial charge in [0.1, 0.15) is 10.9 Å². The number of nitrogens with zero attached hydrogens (tertiary/aromatic N) is 2. The Morgan fingerprint density at radius 1 is 1.05 bits per heavy atom. The largest absolute Gasteiger partial charge is 0.493 e. The third kappa shape index (κ3) is 5.42. The van der Waals surface area contributed by atoms with Gasteiger partial charge < -0.3 is 26.3 Å². The summed E-state index contributed by atoms with van der Waals surface area (Å²) in [5, 5.41) is 3.13. The van der Waals surface area contributed by atoms with Gasteiger partial charge in [0.15, 0.2) is 17.2 Å². The number of aryl methyl sites for hydroxylation is 1. The quantitative estimate of drug-likeness (QED) is 0.377. The standard InChI is InChI=1S/C27H31N5O5S/c1-15-8-10-16(11-9-15)23(26(34)30-17-6-4-5-7-17)32(18-12-13-19(36-2)20(14-18)37-3)27(35)24-21(28)22(25(29)33)31-38-24/h8-14,17,23H,4-7,28H2,1-3H3,(H2,29,33)(H,30,34). The monoisotopic (exact) mass is 537 g/mol. The van der Waals surface area contributed by atoms with Crippen LogP contribution in [-0.2, 0) is 4.79 Å². The molecule has 11 heteroatoms. The number of carbonyl (C=O) groups excluding carboxylic acids is 3. The maximum atomic E-state index is 14.2. The highest BCUT2D eigenvalue weighted by Gasteiger charge is 2.37. The lowest BCUT2D eigenvalue weighted by molar-refractivity contribution is -0.123. The van der Waals surface area contributed by atoms with Crippen molar-refractivity contribution in [1.29, 1.82) is 0 Å².